The van der Waals surface area contributed by atoms with E-state index in [1.807, 2.05) is 32.0 Å². The average Bonchev–Trinajstić information content (AvgIpc) is 3.08. The molecule has 1 atom stereocenters. The molecule has 5 N–H and O–H groups in total. The van der Waals surface area contributed by atoms with Gasteiger partial charge < -0.3 is 16.8 Å². The highest BCUT2D eigenvalue weighted by Gasteiger charge is 2.34. The molecular formula is C22H31N5O3S. The van der Waals surface area contributed by atoms with Crippen molar-refractivity contribution in [1.29, 1.82) is 0 Å². The molecule has 0 aliphatic carbocycles. The minimum atomic E-state index is -0.800. The number of nitrogens with one attached hydrogen (secondary N) is 1. The Morgan fingerprint density at radius 2 is 1.94 bits per heavy atom. The summed E-state index contributed by atoms with van der Waals surface area (Å²) in [5, 5.41) is 2.96. The number of hydrogen-bond donors (Lipinski definition) is 3. The summed E-state index contributed by atoms with van der Waals surface area (Å²) in [6.45, 7) is 8.57. The lowest BCUT2D eigenvalue weighted by Gasteiger charge is -2.31. The first-order chi connectivity index (χ1) is 14.7. The zero-order chi connectivity index (χ0) is 23.1. The number of hydrogen-bond acceptors (Lipinski definition) is 6. The first kappa shape index (κ1) is 24.3. The number of carbonyl (C=O) groups excluding carboxylic acids is 3. The van der Waals surface area contributed by atoms with Crippen LogP contribution in [0, 0.1) is 12.8 Å². The summed E-state index contributed by atoms with van der Waals surface area (Å²) in [5.74, 6) is -1.06. The molecule has 31 heavy (non-hydrogen) atoms. The van der Waals surface area contributed by atoms with Crippen LogP contribution in [0.3, 0.4) is 0 Å². The molecule has 2 aromatic rings. The Morgan fingerprint density at radius 1 is 1.23 bits per heavy atom. The Balaban J connectivity index is 2.49. The highest BCUT2D eigenvalue weighted by Crippen LogP contribution is 2.29. The summed E-state index contributed by atoms with van der Waals surface area (Å²) in [7, 11) is 0. The van der Waals surface area contributed by atoms with Gasteiger partial charge in [-0.3, -0.25) is 19.3 Å². The third kappa shape index (κ3) is 6.04. The standard InChI is InChI=1S/C22H31N5O3S/c1-5-7-16(21(29)25-11-10-13(2)3)27(15-9-6-8-14(4)12-15)22(30)19-17(23)18(20(24)28)26-31-19/h6,8-9,12-13,16H,5,7,10-11,23H2,1-4H3,(H2,24,28)(H,25,29)/t16-/m1/s1. The van der Waals surface area contributed by atoms with Crippen molar-refractivity contribution >= 4 is 40.6 Å². The van der Waals surface area contributed by atoms with E-state index in [-0.39, 0.29) is 22.2 Å². The van der Waals surface area contributed by atoms with Gasteiger partial charge in [-0.25, -0.2) is 0 Å². The van der Waals surface area contributed by atoms with Gasteiger partial charge in [-0.2, -0.15) is 4.37 Å². The summed E-state index contributed by atoms with van der Waals surface area (Å²) in [5.41, 5.74) is 12.7. The van der Waals surface area contributed by atoms with Crippen molar-refractivity contribution in [3.63, 3.8) is 0 Å². The van der Waals surface area contributed by atoms with Gasteiger partial charge in [-0.15, -0.1) is 0 Å². The molecule has 0 bridgehead atoms. The lowest BCUT2D eigenvalue weighted by molar-refractivity contribution is -0.122. The average molecular weight is 446 g/mol. The highest BCUT2D eigenvalue weighted by molar-refractivity contribution is 7.09. The number of amides is 3. The number of nitrogen functional groups attached to an aromatic ring is 1. The number of carbonyl (C=O) groups is 3. The summed E-state index contributed by atoms with van der Waals surface area (Å²) >= 11 is 0.810. The number of nitrogens with two attached hydrogens (primary N) is 2. The molecule has 1 heterocycles. The van der Waals surface area contributed by atoms with Gasteiger partial charge in [0.2, 0.25) is 5.91 Å². The topological polar surface area (TPSA) is 131 Å². The van der Waals surface area contributed by atoms with Gasteiger partial charge >= 0.3 is 0 Å². The number of primary amides is 1. The maximum atomic E-state index is 13.6. The summed E-state index contributed by atoms with van der Waals surface area (Å²) < 4.78 is 3.94. The molecule has 0 aliphatic rings. The molecule has 1 aromatic heterocycles. The maximum absolute atomic E-state index is 13.6. The number of rotatable bonds is 10. The number of benzene rings is 1. The second-order valence-electron chi connectivity index (χ2n) is 7.93. The van der Waals surface area contributed by atoms with Gasteiger partial charge in [-0.1, -0.05) is 39.3 Å². The number of nitrogens with zero attached hydrogens (tertiary/aromatic N) is 2. The quantitative estimate of drug-likeness (QED) is 0.517. The van der Waals surface area contributed by atoms with Crippen LogP contribution in [0.25, 0.3) is 0 Å². The maximum Gasteiger partial charge on any atom is 0.272 e. The van der Waals surface area contributed by atoms with E-state index in [1.54, 1.807) is 6.07 Å². The van der Waals surface area contributed by atoms with Crippen LogP contribution < -0.4 is 21.7 Å². The van der Waals surface area contributed by atoms with Crippen LogP contribution in [0.1, 0.15) is 65.8 Å². The Kier molecular flexibility index (Phi) is 8.56. The van der Waals surface area contributed by atoms with Crippen molar-refractivity contribution in [2.75, 3.05) is 17.2 Å². The highest BCUT2D eigenvalue weighted by atomic mass is 32.1. The molecule has 9 heteroatoms. The van der Waals surface area contributed by atoms with E-state index in [4.69, 9.17) is 11.5 Å². The monoisotopic (exact) mass is 445 g/mol. The first-order valence-corrected chi connectivity index (χ1v) is 11.2. The molecule has 0 fully saturated rings. The van der Waals surface area contributed by atoms with Crippen LogP contribution in [0.15, 0.2) is 24.3 Å². The summed E-state index contributed by atoms with van der Waals surface area (Å²) in [6.07, 6.45) is 2.00. The largest absolute Gasteiger partial charge is 0.395 e. The molecule has 0 unspecified atom stereocenters. The van der Waals surface area contributed by atoms with Crippen LogP contribution in [0.2, 0.25) is 0 Å². The molecule has 8 nitrogen and oxygen atoms in total. The van der Waals surface area contributed by atoms with Crippen molar-refractivity contribution < 1.29 is 14.4 Å². The van der Waals surface area contributed by atoms with Gasteiger partial charge in [0.1, 0.15) is 10.9 Å². The lowest BCUT2D eigenvalue weighted by Crippen LogP contribution is -2.50. The fourth-order valence-corrected chi connectivity index (χ4v) is 3.95. The van der Waals surface area contributed by atoms with E-state index in [2.05, 4.69) is 23.5 Å². The van der Waals surface area contributed by atoms with Crippen LogP contribution in [-0.4, -0.2) is 34.7 Å². The van der Waals surface area contributed by atoms with E-state index in [0.717, 1.165) is 23.5 Å². The second kappa shape index (κ2) is 10.9. The number of aryl methyl sites for hydroxylation is 1. The molecule has 0 radical (unpaired) electrons. The van der Waals surface area contributed by atoms with E-state index >= 15 is 0 Å². The van der Waals surface area contributed by atoms with E-state index in [1.165, 1.54) is 4.90 Å². The predicted molar refractivity (Wildman–Crippen MR) is 124 cm³/mol. The Bertz CT molecular complexity index is 941. The van der Waals surface area contributed by atoms with E-state index in [9.17, 15) is 14.4 Å². The molecule has 168 valence electrons. The van der Waals surface area contributed by atoms with Crippen LogP contribution in [0.4, 0.5) is 11.4 Å². The fourth-order valence-electron chi connectivity index (χ4n) is 3.21. The van der Waals surface area contributed by atoms with Gasteiger partial charge in [-0.05, 0) is 54.9 Å². The van der Waals surface area contributed by atoms with E-state index < -0.39 is 17.9 Å². The normalized spacial score (nSPS) is 11.9. The van der Waals surface area contributed by atoms with Crippen LogP contribution >= 0.6 is 11.5 Å². The molecular weight excluding hydrogens is 414 g/mol. The van der Waals surface area contributed by atoms with Gasteiger partial charge in [0.25, 0.3) is 11.8 Å². The number of anilines is 2. The predicted octanol–water partition coefficient (Wildman–Crippen LogP) is 3.11. The Labute approximate surface area is 187 Å². The molecule has 0 saturated heterocycles. The molecule has 1 aromatic carbocycles. The van der Waals surface area contributed by atoms with Crippen molar-refractivity contribution in [3.8, 4) is 0 Å². The smallest absolute Gasteiger partial charge is 0.272 e. The minimum absolute atomic E-state index is 0.0596. The van der Waals surface area contributed by atoms with Gasteiger partial charge in [0.15, 0.2) is 5.69 Å². The minimum Gasteiger partial charge on any atom is -0.395 e. The zero-order valence-electron chi connectivity index (χ0n) is 18.5. The van der Waals surface area contributed by atoms with Crippen molar-refractivity contribution in [2.24, 2.45) is 11.7 Å². The fraction of sp³-hybridized carbons (Fsp3) is 0.455. The third-order valence-electron chi connectivity index (χ3n) is 4.85. The molecule has 3 amide bonds. The first-order valence-electron chi connectivity index (χ1n) is 10.4. The van der Waals surface area contributed by atoms with Crippen molar-refractivity contribution in [1.82, 2.24) is 9.69 Å². The summed E-state index contributed by atoms with van der Waals surface area (Å²) in [6, 6.07) is 6.63. The van der Waals surface area contributed by atoms with Crippen molar-refractivity contribution in [3.05, 3.63) is 40.4 Å². The van der Waals surface area contributed by atoms with Crippen molar-refractivity contribution in [2.45, 2.75) is 53.0 Å². The van der Waals surface area contributed by atoms with Crippen LogP contribution in [0.5, 0.6) is 0 Å². The zero-order valence-corrected chi connectivity index (χ0v) is 19.3. The molecule has 0 aliphatic heterocycles. The third-order valence-corrected chi connectivity index (χ3v) is 5.70. The van der Waals surface area contributed by atoms with E-state index in [0.29, 0.717) is 31.0 Å². The molecule has 0 spiro atoms. The SMILES string of the molecule is CCC[C@H](C(=O)NCCC(C)C)N(C(=O)c1snc(C(N)=O)c1N)c1cccc(C)c1. The van der Waals surface area contributed by atoms with Gasteiger partial charge in [0.05, 0.1) is 5.69 Å². The van der Waals surface area contributed by atoms with Gasteiger partial charge in [0, 0.05) is 12.2 Å². The number of aromatic nitrogens is 1. The lowest BCUT2D eigenvalue weighted by atomic mass is 10.1. The molecule has 2 rings (SSSR count). The van der Waals surface area contributed by atoms with Crippen LogP contribution in [-0.2, 0) is 4.79 Å². The molecule has 0 saturated carbocycles. The second-order valence-corrected chi connectivity index (χ2v) is 8.70. The summed E-state index contributed by atoms with van der Waals surface area (Å²) in [4.78, 5) is 39.8. The Hall–Kier alpha value is -2.94. The Morgan fingerprint density at radius 3 is 2.48 bits per heavy atom.